The fourth-order valence-corrected chi connectivity index (χ4v) is 3.93. The van der Waals surface area contributed by atoms with Crippen LogP contribution in [0.4, 0.5) is 4.79 Å². The second-order valence-corrected chi connectivity index (χ2v) is 10.0. The Bertz CT molecular complexity index is 1280. The normalized spacial score (nSPS) is 12.7. The van der Waals surface area contributed by atoms with Crippen molar-refractivity contribution in [1.82, 2.24) is 15.6 Å². The van der Waals surface area contributed by atoms with Crippen LogP contribution in [0, 0.1) is 0 Å². The van der Waals surface area contributed by atoms with Gasteiger partial charge in [0, 0.05) is 29.9 Å². The molecule has 208 valence electrons. The van der Waals surface area contributed by atoms with Gasteiger partial charge in [0.1, 0.15) is 24.3 Å². The lowest BCUT2D eigenvalue weighted by atomic mass is 10.0. The minimum absolute atomic E-state index is 0.00735. The number of carbonyl (C=O) groups excluding carboxylic acids is 4. The van der Waals surface area contributed by atoms with Crippen molar-refractivity contribution in [2.75, 3.05) is 7.11 Å². The molecule has 0 saturated heterocycles. The van der Waals surface area contributed by atoms with Crippen LogP contribution in [0.15, 0.2) is 60.8 Å². The van der Waals surface area contributed by atoms with Gasteiger partial charge in [-0.25, -0.2) is 14.4 Å². The van der Waals surface area contributed by atoms with E-state index < -0.39 is 41.6 Å². The summed E-state index contributed by atoms with van der Waals surface area (Å²) in [5.41, 5.74) is 1.75. The summed E-state index contributed by atoms with van der Waals surface area (Å²) >= 11 is 0. The Morgan fingerprint density at radius 3 is 2.28 bits per heavy atom. The Kier molecular flexibility index (Phi) is 10.1. The zero-order valence-corrected chi connectivity index (χ0v) is 22.6. The number of hydrogen-bond acceptors (Lipinski definition) is 7. The van der Waals surface area contributed by atoms with Gasteiger partial charge in [0.05, 0.1) is 7.11 Å². The Labute approximate surface area is 227 Å². The van der Waals surface area contributed by atoms with Gasteiger partial charge >= 0.3 is 18.0 Å². The van der Waals surface area contributed by atoms with Crippen LogP contribution in [0.1, 0.15) is 44.7 Å². The molecule has 0 spiro atoms. The number of aromatic amines is 1. The third-order valence-corrected chi connectivity index (χ3v) is 5.78. The Balaban J connectivity index is 1.64. The molecule has 0 fully saturated rings. The molecule has 2 amide bonds. The summed E-state index contributed by atoms with van der Waals surface area (Å²) in [6, 6.07) is 14.6. The summed E-state index contributed by atoms with van der Waals surface area (Å²) in [6.07, 6.45) is 0.954. The number of methoxy groups -OCH3 is 1. The summed E-state index contributed by atoms with van der Waals surface area (Å²) < 4.78 is 15.6. The lowest BCUT2D eigenvalue weighted by molar-refractivity contribution is -0.148. The molecule has 1 heterocycles. The van der Waals surface area contributed by atoms with Crippen molar-refractivity contribution in [2.45, 2.75) is 64.3 Å². The Hall–Kier alpha value is -4.34. The zero-order valence-electron chi connectivity index (χ0n) is 22.6. The Morgan fingerprint density at radius 2 is 1.59 bits per heavy atom. The van der Waals surface area contributed by atoms with Gasteiger partial charge in [0.15, 0.2) is 0 Å². The molecule has 1 aromatic heterocycles. The molecule has 0 aliphatic rings. The van der Waals surface area contributed by atoms with Crippen LogP contribution < -0.4 is 10.6 Å². The highest BCUT2D eigenvalue weighted by molar-refractivity contribution is 5.88. The molecule has 3 rings (SSSR count). The van der Waals surface area contributed by atoms with Crippen molar-refractivity contribution >= 4 is 34.8 Å². The highest BCUT2D eigenvalue weighted by Gasteiger charge is 2.28. The minimum atomic E-state index is -1.14. The second-order valence-electron chi connectivity index (χ2n) is 10.0. The zero-order chi connectivity index (χ0) is 28.4. The number of carbonyl (C=O) groups is 4. The van der Waals surface area contributed by atoms with Gasteiger partial charge in [-0.3, -0.25) is 4.79 Å². The van der Waals surface area contributed by atoms with Gasteiger partial charge in [-0.2, -0.15) is 0 Å². The van der Waals surface area contributed by atoms with Crippen LogP contribution in [0.25, 0.3) is 10.9 Å². The maximum absolute atomic E-state index is 12.9. The first-order chi connectivity index (χ1) is 18.6. The number of rotatable bonds is 11. The first-order valence-electron chi connectivity index (χ1n) is 12.7. The molecule has 2 atom stereocenters. The van der Waals surface area contributed by atoms with E-state index in [-0.39, 0.29) is 25.9 Å². The summed E-state index contributed by atoms with van der Waals surface area (Å²) in [6.45, 7) is 5.10. The van der Waals surface area contributed by atoms with E-state index >= 15 is 0 Å². The molecule has 0 bridgehead atoms. The second kappa shape index (κ2) is 13.5. The third-order valence-electron chi connectivity index (χ3n) is 5.78. The molecule has 0 aliphatic heterocycles. The molecular formula is C29H35N3O7. The summed E-state index contributed by atoms with van der Waals surface area (Å²) in [4.78, 5) is 53.7. The van der Waals surface area contributed by atoms with Crippen molar-refractivity contribution < 1.29 is 33.4 Å². The number of amides is 2. The average Bonchev–Trinajstić information content (AvgIpc) is 3.31. The summed E-state index contributed by atoms with van der Waals surface area (Å²) in [5.74, 6) is -1.79. The number of H-pyrrole nitrogens is 1. The number of para-hydroxylation sites is 1. The van der Waals surface area contributed by atoms with E-state index in [9.17, 15) is 19.2 Å². The van der Waals surface area contributed by atoms with Gasteiger partial charge in [-0.05, 0) is 44.4 Å². The minimum Gasteiger partial charge on any atom is -0.467 e. The fourth-order valence-electron chi connectivity index (χ4n) is 3.93. The van der Waals surface area contributed by atoms with Crippen molar-refractivity contribution in [3.63, 3.8) is 0 Å². The quantitative estimate of drug-likeness (QED) is 0.250. The third kappa shape index (κ3) is 9.17. The van der Waals surface area contributed by atoms with Gasteiger partial charge in [-0.15, -0.1) is 0 Å². The van der Waals surface area contributed by atoms with E-state index in [1.165, 1.54) is 7.11 Å². The standard InChI is InChI=1S/C29H35N3O7/c1-29(2,3)39-28(36)32-23(27(35)38-18-19-10-6-5-7-11-19)14-15-25(33)31-24(26(34)37-4)16-20-17-30-22-13-9-8-12-21(20)22/h5-13,17,23-24,30H,14-16,18H2,1-4H3,(H,31,33)(H,32,36)/t23-,24?/m1/s1. The van der Waals surface area contributed by atoms with Gasteiger partial charge in [0.2, 0.25) is 5.91 Å². The van der Waals surface area contributed by atoms with Crippen molar-refractivity contribution in [2.24, 2.45) is 0 Å². The number of benzene rings is 2. The monoisotopic (exact) mass is 537 g/mol. The number of hydrogen-bond donors (Lipinski definition) is 3. The van der Waals surface area contributed by atoms with Crippen molar-refractivity contribution in [1.29, 1.82) is 0 Å². The molecule has 0 aliphatic carbocycles. The number of aromatic nitrogens is 1. The molecule has 39 heavy (non-hydrogen) atoms. The van der Waals surface area contributed by atoms with Crippen LogP contribution in [0.5, 0.6) is 0 Å². The van der Waals surface area contributed by atoms with Crippen LogP contribution in [0.3, 0.4) is 0 Å². The smallest absolute Gasteiger partial charge is 0.408 e. The summed E-state index contributed by atoms with van der Waals surface area (Å²) in [5, 5.41) is 6.12. The molecule has 0 saturated carbocycles. The highest BCUT2D eigenvalue weighted by atomic mass is 16.6. The molecule has 0 radical (unpaired) electrons. The Morgan fingerprint density at radius 1 is 0.897 bits per heavy atom. The van der Waals surface area contributed by atoms with Gasteiger partial charge < -0.3 is 29.8 Å². The molecule has 3 N–H and O–H groups in total. The average molecular weight is 538 g/mol. The fraction of sp³-hybridized carbons (Fsp3) is 0.379. The lowest BCUT2D eigenvalue weighted by Gasteiger charge is -2.23. The molecule has 3 aromatic rings. The number of alkyl carbamates (subject to hydrolysis) is 1. The largest absolute Gasteiger partial charge is 0.467 e. The number of esters is 2. The van der Waals surface area contributed by atoms with E-state index in [0.29, 0.717) is 0 Å². The van der Waals surface area contributed by atoms with Gasteiger partial charge in [-0.1, -0.05) is 48.5 Å². The van der Waals surface area contributed by atoms with Gasteiger partial charge in [0.25, 0.3) is 0 Å². The van der Waals surface area contributed by atoms with E-state index in [1.807, 2.05) is 42.5 Å². The lowest BCUT2D eigenvalue weighted by Crippen LogP contribution is -2.46. The topological polar surface area (TPSA) is 136 Å². The highest BCUT2D eigenvalue weighted by Crippen LogP contribution is 2.19. The van der Waals surface area contributed by atoms with Crippen molar-refractivity contribution in [3.8, 4) is 0 Å². The molecular weight excluding hydrogens is 502 g/mol. The van der Waals surface area contributed by atoms with E-state index in [2.05, 4.69) is 15.6 Å². The molecule has 1 unspecified atom stereocenters. The first kappa shape index (κ1) is 29.2. The summed E-state index contributed by atoms with van der Waals surface area (Å²) in [7, 11) is 1.25. The SMILES string of the molecule is COC(=O)C(Cc1c[nH]c2ccccc12)NC(=O)CC[C@@H](NC(=O)OC(C)(C)C)C(=O)OCc1ccccc1. The molecule has 10 nitrogen and oxygen atoms in total. The maximum atomic E-state index is 12.9. The van der Waals surface area contributed by atoms with Crippen LogP contribution in [-0.2, 0) is 41.6 Å². The number of ether oxygens (including phenoxy) is 3. The van der Waals surface area contributed by atoms with E-state index in [0.717, 1.165) is 22.0 Å². The predicted octanol–water partition coefficient (Wildman–Crippen LogP) is 3.79. The number of fused-ring (bicyclic) bond motifs is 1. The van der Waals surface area contributed by atoms with Crippen molar-refractivity contribution in [3.05, 3.63) is 71.9 Å². The van der Waals surface area contributed by atoms with Crippen LogP contribution in [-0.4, -0.2) is 53.7 Å². The predicted molar refractivity (Wildman–Crippen MR) is 145 cm³/mol. The maximum Gasteiger partial charge on any atom is 0.408 e. The molecule has 10 heteroatoms. The van der Waals surface area contributed by atoms with Crippen LogP contribution >= 0.6 is 0 Å². The molecule has 2 aromatic carbocycles. The number of nitrogens with one attached hydrogen (secondary N) is 3. The van der Waals surface area contributed by atoms with E-state index in [4.69, 9.17) is 14.2 Å². The first-order valence-corrected chi connectivity index (χ1v) is 12.7. The van der Waals surface area contributed by atoms with E-state index in [1.54, 1.807) is 39.1 Å². The van der Waals surface area contributed by atoms with Crippen LogP contribution in [0.2, 0.25) is 0 Å².